The Kier molecular flexibility index (Phi) is 3.15. The predicted molar refractivity (Wildman–Crippen MR) is 51.8 cm³/mol. The van der Waals surface area contributed by atoms with E-state index in [1.165, 1.54) is 17.6 Å². The van der Waals surface area contributed by atoms with Gasteiger partial charge in [-0.2, -0.15) is 0 Å². The predicted octanol–water partition coefficient (Wildman–Crippen LogP) is 3.20. The van der Waals surface area contributed by atoms with E-state index in [0.717, 1.165) is 12.2 Å². The van der Waals surface area contributed by atoms with Crippen molar-refractivity contribution in [3.05, 3.63) is 35.6 Å². The fourth-order valence-corrected chi connectivity index (χ4v) is 1.29. The van der Waals surface area contributed by atoms with Crippen molar-refractivity contribution < 1.29 is 4.74 Å². The zero-order valence-electron chi connectivity index (χ0n) is 7.89. The van der Waals surface area contributed by atoms with Gasteiger partial charge in [0.05, 0.1) is 0 Å². The number of hydrogen-bond acceptors (Lipinski definition) is 1. The van der Waals surface area contributed by atoms with E-state index in [2.05, 4.69) is 26.5 Å². The van der Waals surface area contributed by atoms with Gasteiger partial charge in [-0.3, -0.25) is 0 Å². The normalized spacial score (nSPS) is 17.3. The van der Waals surface area contributed by atoms with Crippen molar-refractivity contribution >= 4 is 0 Å². The first-order valence-corrected chi connectivity index (χ1v) is 4.36. The second kappa shape index (κ2) is 4.15. The molecule has 0 aromatic rings. The Hall–Kier alpha value is -0.980. The Morgan fingerprint density at radius 1 is 1.58 bits per heavy atom. The van der Waals surface area contributed by atoms with Crippen LogP contribution in [-0.2, 0) is 4.74 Å². The van der Waals surface area contributed by atoms with Crippen LogP contribution in [0.25, 0.3) is 0 Å². The zero-order chi connectivity index (χ0) is 8.97. The van der Waals surface area contributed by atoms with Gasteiger partial charge in [-0.05, 0) is 38.3 Å². The van der Waals surface area contributed by atoms with Gasteiger partial charge in [-0.1, -0.05) is 18.2 Å². The summed E-state index contributed by atoms with van der Waals surface area (Å²) in [4.78, 5) is 0. The van der Waals surface area contributed by atoms with Gasteiger partial charge >= 0.3 is 0 Å². The van der Waals surface area contributed by atoms with Gasteiger partial charge in [-0.15, -0.1) is 0 Å². The number of ether oxygens (including phenoxy) is 1. The second-order valence-electron chi connectivity index (χ2n) is 3.11. The summed E-state index contributed by atoms with van der Waals surface area (Å²) < 4.78 is 5.50. The van der Waals surface area contributed by atoms with Gasteiger partial charge in [-0.25, -0.2) is 0 Å². The fourth-order valence-electron chi connectivity index (χ4n) is 1.29. The maximum absolute atomic E-state index is 5.50. The van der Waals surface area contributed by atoms with Crippen LogP contribution in [0.2, 0.25) is 0 Å². The summed E-state index contributed by atoms with van der Waals surface area (Å²) in [7, 11) is 0. The second-order valence-corrected chi connectivity index (χ2v) is 3.11. The molecular formula is C11H16O. The van der Waals surface area contributed by atoms with Crippen LogP contribution in [0.5, 0.6) is 0 Å². The lowest BCUT2D eigenvalue weighted by Gasteiger charge is -2.16. The third-order valence-electron chi connectivity index (χ3n) is 2.22. The Bertz CT molecular complexity index is 233. The standard InChI is InChI=1S/C11H16O/c1-4-8-12-11-7-5-6-9(2)10(11)3/h4,7H,1,5-6,8H2,2-3H3. The summed E-state index contributed by atoms with van der Waals surface area (Å²) in [6.45, 7) is 8.51. The first kappa shape index (κ1) is 9.11. The largest absolute Gasteiger partial charge is 0.490 e. The summed E-state index contributed by atoms with van der Waals surface area (Å²) in [5, 5.41) is 0. The van der Waals surface area contributed by atoms with Gasteiger partial charge in [0.2, 0.25) is 0 Å². The minimum Gasteiger partial charge on any atom is -0.490 e. The average Bonchev–Trinajstić information content (AvgIpc) is 2.08. The molecule has 0 radical (unpaired) electrons. The lowest BCUT2D eigenvalue weighted by molar-refractivity contribution is 0.253. The molecule has 0 unspecified atom stereocenters. The van der Waals surface area contributed by atoms with Crippen LogP contribution in [0.3, 0.4) is 0 Å². The van der Waals surface area contributed by atoms with Crippen LogP contribution in [-0.4, -0.2) is 6.61 Å². The van der Waals surface area contributed by atoms with Crippen LogP contribution in [0, 0.1) is 0 Å². The molecule has 0 aromatic heterocycles. The first-order chi connectivity index (χ1) is 5.75. The highest BCUT2D eigenvalue weighted by Crippen LogP contribution is 2.24. The molecule has 1 nitrogen and oxygen atoms in total. The minimum atomic E-state index is 0.608. The lowest BCUT2D eigenvalue weighted by atomic mass is 9.99. The van der Waals surface area contributed by atoms with Crippen molar-refractivity contribution in [3.63, 3.8) is 0 Å². The van der Waals surface area contributed by atoms with E-state index >= 15 is 0 Å². The topological polar surface area (TPSA) is 9.23 Å². The molecule has 0 aliphatic heterocycles. The van der Waals surface area contributed by atoms with Crippen molar-refractivity contribution in [2.45, 2.75) is 26.7 Å². The first-order valence-electron chi connectivity index (χ1n) is 4.36. The molecule has 0 N–H and O–H groups in total. The van der Waals surface area contributed by atoms with E-state index in [9.17, 15) is 0 Å². The molecule has 0 heterocycles. The van der Waals surface area contributed by atoms with Crippen LogP contribution < -0.4 is 0 Å². The molecule has 0 spiro atoms. The molecule has 0 amide bonds. The van der Waals surface area contributed by atoms with E-state index < -0.39 is 0 Å². The van der Waals surface area contributed by atoms with Gasteiger partial charge in [0.15, 0.2) is 0 Å². The van der Waals surface area contributed by atoms with Gasteiger partial charge < -0.3 is 4.74 Å². The maximum atomic E-state index is 5.50. The van der Waals surface area contributed by atoms with E-state index in [1.807, 2.05) is 0 Å². The van der Waals surface area contributed by atoms with Crippen molar-refractivity contribution in [2.75, 3.05) is 6.61 Å². The highest BCUT2D eigenvalue weighted by atomic mass is 16.5. The van der Waals surface area contributed by atoms with Crippen LogP contribution in [0.15, 0.2) is 35.6 Å². The lowest BCUT2D eigenvalue weighted by Crippen LogP contribution is -2.00. The highest BCUT2D eigenvalue weighted by Gasteiger charge is 2.08. The molecule has 66 valence electrons. The Morgan fingerprint density at radius 3 is 3.00 bits per heavy atom. The molecule has 0 bridgehead atoms. The maximum Gasteiger partial charge on any atom is 0.118 e. The minimum absolute atomic E-state index is 0.608. The van der Waals surface area contributed by atoms with Gasteiger partial charge in [0.1, 0.15) is 12.4 Å². The molecule has 12 heavy (non-hydrogen) atoms. The summed E-state index contributed by atoms with van der Waals surface area (Å²) >= 11 is 0. The molecule has 0 saturated carbocycles. The number of allylic oxidation sites excluding steroid dienone is 3. The van der Waals surface area contributed by atoms with Crippen LogP contribution in [0.1, 0.15) is 26.7 Å². The Morgan fingerprint density at radius 2 is 2.33 bits per heavy atom. The van der Waals surface area contributed by atoms with Crippen molar-refractivity contribution in [2.24, 2.45) is 0 Å². The molecule has 0 atom stereocenters. The van der Waals surface area contributed by atoms with Gasteiger partial charge in [0.25, 0.3) is 0 Å². The van der Waals surface area contributed by atoms with Crippen LogP contribution in [0.4, 0.5) is 0 Å². The highest BCUT2D eigenvalue weighted by molar-refractivity contribution is 5.32. The van der Waals surface area contributed by atoms with Gasteiger partial charge in [0, 0.05) is 0 Å². The molecule has 1 heteroatoms. The fraction of sp³-hybridized carbons (Fsp3) is 0.455. The Labute approximate surface area is 74.4 Å². The Balaban J connectivity index is 2.64. The number of rotatable bonds is 3. The quantitative estimate of drug-likeness (QED) is 0.582. The van der Waals surface area contributed by atoms with Crippen LogP contribution >= 0.6 is 0 Å². The van der Waals surface area contributed by atoms with E-state index in [4.69, 9.17) is 4.74 Å². The summed E-state index contributed by atoms with van der Waals surface area (Å²) in [5.74, 6) is 1.04. The van der Waals surface area contributed by atoms with E-state index in [-0.39, 0.29) is 0 Å². The summed E-state index contributed by atoms with van der Waals surface area (Å²) in [5.41, 5.74) is 2.74. The third-order valence-corrected chi connectivity index (χ3v) is 2.22. The molecule has 1 aliphatic carbocycles. The SMILES string of the molecule is C=CCOC1=CCCC(C)=C1C. The molecule has 0 aromatic carbocycles. The number of hydrogen-bond donors (Lipinski definition) is 0. The monoisotopic (exact) mass is 164 g/mol. The van der Waals surface area contributed by atoms with E-state index in [0.29, 0.717) is 6.61 Å². The molecule has 0 saturated heterocycles. The summed E-state index contributed by atoms with van der Waals surface area (Å²) in [6, 6.07) is 0. The molecule has 1 aliphatic rings. The van der Waals surface area contributed by atoms with Crippen molar-refractivity contribution in [1.82, 2.24) is 0 Å². The van der Waals surface area contributed by atoms with Crippen molar-refractivity contribution in [3.8, 4) is 0 Å². The van der Waals surface area contributed by atoms with Crippen molar-refractivity contribution in [1.29, 1.82) is 0 Å². The smallest absolute Gasteiger partial charge is 0.118 e. The average molecular weight is 164 g/mol. The zero-order valence-corrected chi connectivity index (χ0v) is 7.89. The third kappa shape index (κ3) is 2.00. The van der Waals surface area contributed by atoms with E-state index in [1.54, 1.807) is 6.08 Å². The molecule has 0 fully saturated rings. The summed E-state index contributed by atoms with van der Waals surface area (Å²) in [6.07, 6.45) is 6.21. The molecular weight excluding hydrogens is 148 g/mol. The molecule has 1 rings (SSSR count).